The Kier molecular flexibility index (Phi) is 13.3. The molecule has 0 bridgehead atoms. The van der Waals surface area contributed by atoms with Crippen LogP contribution in [0.15, 0.2) is 18.2 Å². The molecule has 0 aliphatic heterocycles. The molecule has 1 aromatic rings. The number of rotatable bonds is 8. The van der Waals surface area contributed by atoms with Gasteiger partial charge in [0.1, 0.15) is 0 Å². The fourth-order valence-corrected chi connectivity index (χ4v) is 1.26. The molecule has 0 aliphatic carbocycles. The third kappa shape index (κ3) is 8.93. The van der Waals surface area contributed by atoms with Crippen LogP contribution < -0.4 is 9.47 Å². The van der Waals surface area contributed by atoms with Crippen LogP contribution >= 0.6 is 13.6 Å². The molecule has 98 valence electrons. The molecule has 0 saturated heterocycles. The van der Waals surface area contributed by atoms with Crippen LogP contribution in [0.25, 0.3) is 0 Å². The van der Waals surface area contributed by atoms with Crippen molar-refractivity contribution >= 4 is 13.6 Å². The van der Waals surface area contributed by atoms with E-state index in [4.69, 9.17) is 9.47 Å². The van der Waals surface area contributed by atoms with E-state index in [1.807, 2.05) is 18.2 Å². The quantitative estimate of drug-likeness (QED) is 0.377. The van der Waals surface area contributed by atoms with E-state index in [1.165, 1.54) is 16.3 Å². The van der Waals surface area contributed by atoms with Crippen LogP contribution in [-0.2, 0) is 16.3 Å². The van der Waals surface area contributed by atoms with Gasteiger partial charge in [-0.15, -0.1) is 12.1 Å². The van der Waals surface area contributed by atoms with Gasteiger partial charge in [0.25, 0.3) is 0 Å². The number of ether oxygens (including phenoxy) is 2. The predicted octanol–water partition coefficient (Wildman–Crippen LogP) is 4.69. The van der Waals surface area contributed by atoms with Gasteiger partial charge in [-0.05, 0) is 12.8 Å². The maximum absolute atomic E-state index is 5.59. The molecule has 0 amide bonds. The molecule has 0 atom stereocenters. The second kappa shape index (κ2) is 13.4. The summed E-state index contributed by atoms with van der Waals surface area (Å²) in [4.78, 5) is 0. The van der Waals surface area contributed by atoms with Crippen molar-refractivity contribution in [1.29, 1.82) is 0 Å². The number of hydrogen-bond donors (Lipinski definition) is 0. The normalized spacial score (nSPS) is 9.39. The van der Waals surface area contributed by atoms with E-state index in [1.54, 1.807) is 0 Å². The van der Waals surface area contributed by atoms with Gasteiger partial charge in [0.05, 0.1) is 13.2 Å². The SMILES string of the molecule is CCCCOc1[c-]ccc(OCCCC)c1.[Zn+][Br]. The average Bonchev–Trinajstić information content (AvgIpc) is 2.42. The van der Waals surface area contributed by atoms with Crippen molar-refractivity contribution in [2.24, 2.45) is 0 Å². The summed E-state index contributed by atoms with van der Waals surface area (Å²) in [6.45, 7) is 5.83. The number of hydrogen-bond acceptors (Lipinski definition) is 2. The molecule has 4 heteroatoms. The van der Waals surface area contributed by atoms with Crippen LogP contribution in [0, 0.1) is 6.07 Å². The Labute approximate surface area is 127 Å². The van der Waals surface area contributed by atoms with Gasteiger partial charge in [0.2, 0.25) is 0 Å². The second-order valence-electron chi connectivity index (χ2n) is 3.79. The summed E-state index contributed by atoms with van der Waals surface area (Å²) in [6, 6.07) is 8.73. The minimum absolute atomic E-state index is 0.755. The van der Waals surface area contributed by atoms with Crippen molar-refractivity contribution in [3.63, 3.8) is 0 Å². The summed E-state index contributed by atoms with van der Waals surface area (Å²) in [5.74, 6) is 1.65. The Hall–Kier alpha value is -0.0766. The molecule has 0 aliphatic rings. The van der Waals surface area contributed by atoms with Crippen molar-refractivity contribution in [2.75, 3.05) is 13.2 Å². The zero-order chi connectivity index (χ0) is 13.6. The van der Waals surface area contributed by atoms with E-state index in [0.29, 0.717) is 0 Å². The Morgan fingerprint density at radius 3 is 2.33 bits per heavy atom. The Morgan fingerprint density at radius 2 is 1.72 bits per heavy atom. The standard InChI is InChI=1S/C14H21O2.BrH.Zn/c1-3-5-10-15-13-8-7-9-14(12-13)16-11-6-4-2;;/h7-8,12H,3-6,10-11H2,1-2H3;1H;/q-1;;+2/p-1. The van der Waals surface area contributed by atoms with Gasteiger partial charge in [0.15, 0.2) is 0 Å². The molecule has 0 unspecified atom stereocenters. The molecule has 1 aromatic carbocycles. The Balaban J connectivity index is 0.00000137. The Bertz CT molecular complexity index is 270. The molecule has 0 spiro atoms. The van der Waals surface area contributed by atoms with Gasteiger partial charge in [0, 0.05) is 11.5 Å². The van der Waals surface area contributed by atoms with E-state index < -0.39 is 0 Å². The van der Waals surface area contributed by atoms with Crippen LogP contribution in [0.2, 0.25) is 0 Å². The van der Waals surface area contributed by atoms with Gasteiger partial charge < -0.3 is 9.47 Å². The van der Waals surface area contributed by atoms with Crippen molar-refractivity contribution in [3.05, 3.63) is 24.3 Å². The van der Waals surface area contributed by atoms with Gasteiger partial charge in [-0.3, -0.25) is 0 Å². The van der Waals surface area contributed by atoms with Crippen molar-refractivity contribution in [2.45, 2.75) is 39.5 Å². The monoisotopic (exact) mass is 364 g/mol. The third-order valence-corrected chi connectivity index (χ3v) is 2.27. The number of halogens is 1. The molecular formula is C14H21BrO2Zn. The molecule has 0 saturated carbocycles. The molecule has 0 fully saturated rings. The minimum atomic E-state index is 0.755. The molecule has 0 aromatic heterocycles. The summed E-state index contributed by atoms with van der Waals surface area (Å²) < 4.78 is 11.2. The third-order valence-electron chi connectivity index (χ3n) is 2.27. The number of benzene rings is 1. The van der Waals surface area contributed by atoms with E-state index in [9.17, 15) is 0 Å². The van der Waals surface area contributed by atoms with Crippen LogP contribution in [0.5, 0.6) is 11.5 Å². The first-order valence-electron chi connectivity index (χ1n) is 6.41. The fourth-order valence-electron chi connectivity index (χ4n) is 1.26. The molecule has 18 heavy (non-hydrogen) atoms. The van der Waals surface area contributed by atoms with Gasteiger partial charge in [-0.25, -0.2) is 0 Å². The predicted molar refractivity (Wildman–Crippen MR) is 75.0 cm³/mol. The van der Waals surface area contributed by atoms with E-state index >= 15 is 0 Å². The summed E-state index contributed by atoms with van der Waals surface area (Å²) in [5.41, 5.74) is 0. The molecule has 1 rings (SSSR count). The van der Waals surface area contributed by atoms with E-state index in [2.05, 4.69) is 33.5 Å². The van der Waals surface area contributed by atoms with Crippen molar-refractivity contribution in [3.8, 4) is 11.5 Å². The van der Waals surface area contributed by atoms with Crippen molar-refractivity contribution in [1.82, 2.24) is 0 Å². The van der Waals surface area contributed by atoms with Crippen LogP contribution in [-0.4, -0.2) is 13.2 Å². The summed E-state index contributed by atoms with van der Waals surface area (Å²) in [6.07, 6.45) is 4.46. The Morgan fingerprint density at radius 1 is 1.11 bits per heavy atom. The van der Waals surface area contributed by atoms with Crippen molar-refractivity contribution < 1.29 is 25.8 Å². The maximum atomic E-state index is 5.59. The molecule has 0 radical (unpaired) electrons. The summed E-state index contributed by atoms with van der Waals surface area (Å²) >= 11 is 4.25. The summed E-state index contributed by atoms with van der Waals surface area (Å²) in [7, 11) is 0. The van der Waals surface area contributed by atoms with Gasteiger partial charge >= 0.3 is 30.0 Å². The topological polar surface area (TPSA) is 18.5 Å². The zero-order valence-electron chi connectivity index (χ0n) is 11.4. The molecular weight excluding hydrogens is 345 g/mol. The first kappa shape index (κ1) is 17.9. The summed E-state index contributed by atoms with van der Waals surface area (Å²) in [5, 5.41) is 0. The van der Waals surface area contributed by atoms with Crippen LogP contribution in [0.4, 0.5) is 0 Å². The van der Waals surface area contributed by atoms with Crippen LogP contribution in [0.3, 0.4) is 0 Å². The first-order valence-corrected chi connectivity index (χ1v) is 13.4. The van der Waals surface area contributed by atoms with Gasteiger partial charge in [-0.2, -0.15) is 6.07 Å². The molecule has 0 N–H and O–H groups in total. The fraction of sp³-hybridized carbons (Fsp3) is 0.571. The zero-order valence-corrected chi connectivity index (χ0v) is 15.9. The van der Waals surface area contributed by atoms with Gasteiger partial charge in [-0.1, -0.05) is 32.8 Å². The number of unbranched alkanes of at least 4 members (excludes halogenated alkanes) is 2. The van der Waals surface area contributed by atoms with E-state index in [-0.39, 0.29) is 0 Å². The van der Waals surface area contributed by atoms with Crippen LogP contribution in [0.1, 0.15) is 39.5 Å². The molecule has 2 nitrogen and oxygen atoms in total. The molecule has 0 heterocycles. The van der Waals surface area contributed by atoms with E-state index in [0.717, 1.165) is 50.4 Å². The first-order chi connectivity index (χ1) is 8.86. The average molecular weight is 367 g/mol. The second-order valence-corrected chi connectivity index (χ2v) is 3.79.